The Morgan fingerprint density at radius 1 is 1.05 bits per heavy atom. The molecule has 0 saturated carbocycles. The maximum Gasteiger partial charge on any atom is 0.119 e. The van der Waals surface area contributed by atoms with Crippen LogP contribution in [-0.2, 0) is 12.0 Å². The fourth-order valence-corrected chi connectivity index (χ4v) is 2.23. The smallest absolute Gasteiger partial charge is 0.119 e. The summed E-state index contributed by atoms with van der Waals surface area (Å²) in [6.45, 7) is 4.72. The van der Waals surface area contributed by atoms with Crippen LogP contribution < -0.4 is 10.5 Å². The van der Waals surface area contributed by atoms with E-state index >= 15 is 0 Å². The van der Waals surface area contributed by atoms with E-state index in [4.69, 9.17) is 10.5 Å². The number of ether oxygens (including phenoxy) is 1. The van der Waals surface area contributed by atoms with Crippen LogP contribution in [0.2, 0.25) is 0 Å². The summed E-state index contributed by atoms with van der Waals surface area (Å²) in [5, 5.41) is 0. The van der Waals surface area contributed by atoms with Gasteiger partial charge in [0.1, 0.15) is 5.75 Å². The van der Waals surface area contributed by atoms with Crippen molar-refractivity contribution in [2.75, 3.05) is 6.61 Å². The first-order chi connectivity index (χ1) is 9.12. The molecule has 2 nitrogen and oxygen atoms in total. The predicted octanol–water partition coefficient (Wildman–Crippen LogP) is 3.50. The van der Waals surface area contributed by atoms with Crippen LogP contribution in [0.5, 0.6) is 5.75 Å². The molecule has 1 unspecified atom stereocenters. The van der Waals surface area contributed by atoms with Crippen LogP contribution in [0.1, 0.15) is 25.0 Å². The number of benzene rings is 2. The molecule has 2 aromatic rings. The van der Waals surface area contributed by atoms with Gasteiger partial charge in [-0.1, -0.05) is 42.5 Å². The van der Waals surface area contributed by atoms with Gasteiger partial charge >= 0.3 is 0 Å². The second kappa shape index (κ2) is 5.89. The highest BCUT2D eigenvalue weighted by Gasteiger charge is 2.22. The molecule has 2 rings (SSSR count). The van der Waals surface area contributed by atoms with Crippen LogP contribution >= 0.6 is 0 Å². The molecule has 0 saturated heterocycles. The first kappa shape index (κ1) is 13.6. The van der Waals surface area contributed by atoms with Gasteiger partial charge in [-0.3, -0.25) is 0 Å². The van der Waals surface area contributed by atoms with Crippen molar-refractivity contribution in [2.24, 2.45) is 5.73 Å². The summed E-state index contributed by atoms with van der Waals surface area (Å²) in [5.74, 6) is 0.879. The van der Waals surface area contributed by atoms with Crippen molar-refractivity contribution < 1.29 is 4.74 Å². The lowest BCUT2D eigenvalue weighted by Gasteiger charge is -2.26. The lowest BCUT2D eigenvalue weighted by Crippen LogP contribution is -2.35. The minimum Gasteiger partial charge on any atom is -0.494 e. The molecule has 0 aliphatic carbocycles. The van der Waals surface area contributed by atoms with Gasteiger partial charge in [0, 0.05) is 5.54 Å². The monoisotopic (exact) mass is 255 g/mol. The zero-order valence-electron chi connectivity index (χ0n) is 11.6. The molecule has 0 fully saturated rings. The molecule has 2 N–H and O–H groups in total. The highest BCUT2D eigenvalue weighted by Crippen LogP contribution is 2.25. The Labute approximate surface area is 115 Å². The fraction of sp³-hybridized carbons (Fsp3) is 0.294. The van der Waals surface area contributed by atoms with Crippen molar-refractivity contribution in [1.82, 2.24) is 0 Å². The number of nitrogens with two attached hydrogens (primary N) is 1. The zero-order chi connectivity index (χ0) is 13.7. The van der Waals surface area contributed by atoms with Gasteiger partial charge in [0.05, 0.1) is 6.61 Å². The maximum absolute atomic E-state index is 6.48. The summed E-state index contributed by atoms with van der Waals surface area (Å²) in [7, 11) is 0. The van der Waals surface area contributed by atoms with Crippen LogP contribution in [0.15, 0.2) is 54.6 Å². The number of hydrogen-bond acceptors (Lipinski definition) is 2. The van der Waals surface area contributed by atoms with Crippen molar-refractivity contribution in [3.63, 3.8) is 0 Å². The lowest BCUT2D eigenvalue weighted by molar-refractivity contribution is 0.338. The predicted molar refractivity (Wildman–Crippen MR) is 79.3 cm³/mol. The van der Waals surface area contributed by atoms with Gasteiger partial charge < -0.3 is 10.5 Å². The summed E-state index contributed by atoms with van der Waals surface area (Å²) < 4.78 is 5.54. The van der Waals surface area contributed by atoms with Gasteiger partial charge in [0.25, 0.3) is 0 Å². The third-order valence-electron chi connectivity index (χ3n) is 3.22. The van der Waals surface area contributed by atoms with Gasteiger partial charge in [-0.25, -0.2) is 0 Å². The van der Waals surface area contributed by atoms with Crippen LogP contribution in [0.25, 0.3) is 0 Å². The van der Waals surface area contributed by atoms with E-state index in [2.05, 4.69) is 25.1 Å². The third-order valence-corrected chi connectivity index (χ3v) is 3.22. The van der Waals surface area contributed by atoms with Crippen molar-refractivity contribution in [3.8, 4) is 5.75 Å². The average Bonchev–Trinajstić information content (AvgIpc) is 2.40. The Balaban J connectivity index is 2.21. The van der Waals surface area contributed by atoms with Gasteiger partial charge in [0.2, 0.25) is 0 Å². The highest BCUT2D eigenvalue weighted by atomic mass is 16.5. The quantitative estimate of drug-likeness (QED) is 0.887. The number of hydrogen-bond donors (Lipinski definition) is 1. The van der Waals surface area contributed by atoms with E-state index in [1.807, 2.05) is 43.3 Å². The first-order valence-electron chi connectivity index (χ1n) is 6.68. The van der Waals surface area contributed by atoms with E-state index < -0.39 is 5.54 Å². The average molecular weight is 255 g/mol. The minimum absolute atomic E-state index is 0.394. The van der Waals surface area contributed by atoms with E-state index in [-0.39, 0.29) is 0 Å². The topological polar surface area (TPSA) is 35.2 Å². The largest absolute Gasteiger partial charge is 0.494 e. The highest BCUT2D eigenvalue weighted by molar-refractivity contribution is 5.34. The molecule has 0 heterocycles. The summed E-state index contributed by atoms with van der Waals surface area (Å²) in [6.07, 6.45) is 0.809. The Kier molecular flexibility index (Phi) is 4.23. The second-order valence-electron chi connectivity index (χ2n) is 5.04. The summed E-state index contributed by atoms with van der Waals surface area (Å²) >= 11 is 0. The van der Waals surface area contributed by atoms with E-state index in [1.54, 1.807) is 0 Å². The molecular formula is C17H21NO. The van der Waals surface area contributed by atoms with Gasteiger partial charge in [0.15, 0.2) is 0 Å². The molecular weight excluding hydrogens is 234 g/mol. The van der Waals surface area contributed by atoms with Gasteiger partial charge in [-0.05, 0) is 43.5 Å². The van der Waals surface area contributed by atoms with Crippen LogP contribution in [0.3, 0.4) is 0 Å². The van der Waals surface area contributed by atoms with E-state index in [0.717, 1.165) is 17.7 Å². The van der Waals surface area contributed by atoms with Gasteiger partial charge in [-0.2, -0.15) is 0 Å². The zero-order valence-corrected chi connectivity index (χ0v) is 11.6. The van der Waals surface area contributed by atoms with E-state index in [1.165, 1.54) is 5.56 Å². The van der Waals surface area contributed by atoms with Crippen molar-refractivity contribution >= 4 is 0 Å². The van der Waals surface area contributed by atoms with E-state index in [9.17, 15) is 0 Å². The van der Waals surface area contributed by atoms with Crippen LogP contribution in [-0.4, -0.2) is 6.61 Å². The maximum atomic E-state index is 6.48. The van der Waals surface area contributed by atoms with E-state index in [0.29, 0.717) is 6.61 Å². The third kappa shape index (κ3) is 3.58. The van der Waals surface area contributed by atoms with Crippen molar-refractivity contribution in [1.29, 1.82) is 0 Å². The standard InChI is InChI=1S/C17H21NO/c1-3-19-16-11-7-10-15(12-16)17(2,18)13-14-8-5-4-6-9-14/h4-12H,3,13,18H2,1-2H3. The fourth-order valence-electron chi connectivity index (χ4n) is 2.23. The van der Waals surface area contributed by atoms with Crippen molar-refractivity contribution in [2.45, 2.75) is 25.8 Å². The molecule has 0 aliphatic heterocycles. The summed E-state index contributed by atoms with van der Waals surface area (Å²) in [5.41, 5.74) is 8.43. The Morgan fingerprint density at radius 2 is 1.79 bits per heavy atom. The number of rotatable bonds is 5. The Morgan fingerprint density at radius 3 is 2.47 bits per heavy atom. The molecule has 0 aliphatic rings. The van der Waals surface area contributed by atoms with Crippen LogP contribution in [0.4, 0.5) is 0 Å². The van der Waals surface area contributed by atoms with Gasteiger partial charge in [-0.15, -0.1) is 0 Å². The molecule has 1 atom stereocenters. The molecule has 0 aromatic heterocycles. The molecule has 2 aromatic carbocycles. The first-order valence-corrected chi connectivity index (χ1v) is 6.68. The normalized spacial score (nSPS) is 13.8. The Bertz CT molecular complexity index is 520. The lowest BCUT2D eigenvalue weighted by atomic mass is 9.86. The molecule has 19 heavy (non-hydrogen) atoms. The molecule has 0 amide bonds. The minimum atomic E-state index is -0.394. The SMILES string of the molecule is CCOc1cccc(C(C)(N)Cc2ccccc2)c1. The molecule has 0 bridgehead atoms. The molecule has 0 spiro atoms. The summed E-state index contributed by atoms with van der Waals surface area (Å²) in [6, 6.07) is 18.4. The second-order valence-corrected chi connectivity index (χ2v) is 5.04. The molecule has 0 radical (unpaired) electrons. The summed E-state index contributed by atoms with van der Waals surface area (Å²) in [4.78, 5) is 0. The Hall–Kier alpha value is -1.80. The molecule has 2 heteroatoms. The van der Waals surface area contributed by atoms with Crippen molar-refractivity contribution in [3.05, 3.63) is 65.7 Å². The molecule has 100 valence electrons. The van der Waals surface area contributed by atoms with Crippen LogP contribution in [0, 0.1) is 0 Å².